The highest BCUT2D eigenvalue weighted by Gasteiger charge is 2.08. The van der Waals surface area contributed by atoms with Crippen molar-refractivity contribution in [3.63, 3.8) is 0 Å². The minimum absolute atomic E-state index is 0.0729. The summed E-state index contributed by atoms with van der Waals surface area (Å²) in [5.74, 6) is 0.0729. The van der Waals surface area contributed by atoms with Gasteiger partial charge in [-0.05, 0) is 17.2 Å². The lowest BCUT2D eigenvalue weighted by molar-refractivity contribution is -0.111. The van der Waals surface area contributed by atoms with Gasteiger partial charge in [0.2, 0.25) is 0 Å². The predicted molar refractivity (Wildman–Crippen MR) is 43.9 cm³/mol. The van der Waals surface area contributed by atoms with Crippen LogP contribution in [0.1, 0.15) is 11.1 Å². The summed E-state index contributed by atoms with van der Waals surface area (Å²) in [6.45, 7) is 0. The number of allylic oxidation sites excluding steroid dienone is 1. The Bertz CT molecular complexity index is 323. The normalized spacial score (nSPS) is 14.7. The van der Waals surface area contributed by atoms with Crippen LogP contribution in [-0.4, -0.2) is 5.78 Å². The molecule has 1 heteroatoms. The zero-order valence-corrected chi connectivity index (χ0v) is 5.95. The van der Waals surface area contributed by atoms with E-state index in [4.69, 9.17) is 0 Å². The van der Waals surface area contributed by atoms with Crippen LogP contribution in [-0.2, 0) is 4.79 Å². The van der Waals surface area contributed by atoms with E-state index in [2.05, 4.69) is 0 Å². The third-order valence-corrected chi connectivity index (χ3v) is 1.72. The van der Waals surface area contributed by atoms with Gasteiger partial charge in [-0.1, -0.05) is 30.3 Å². The van der Waals surface area contributed by atoms with Crippen molar-refractivity contribution in [2.24, 2.45) is 0 Å². The van der Waals surface area contributed by atoms with E-state index in [1.165, 1.54) is 0 Å². The van der Waals surface area contributed by atoms with Crippen LogP contribution in [0.3, 0.4) is 0 Å². The van der Waals surface area contributed by atoms with Gasteiger partial charge >= 0.3 is 0 Å². The molecule has 1 aromatic rings. The number of carbonyl (C=O) groups is 1. The second-order valence-corrected chi connectivity index (χ2v) is 2.51. The maximum Gasteiger partial charge on any atom is 0.164 e. The molecular formula is C10H7O. The lowest BCUT2D eigenvalue weighted by Gasteiger charge is -2.06. The molecule has 0 fully saturated rings. The summed E-state index contributed by atoms with van der Waals surface area (Å²) >= 11 is 0. The van der Waals surface area contributed by atoms with E-state index < -0.39 is 0 Å². The Morgan fingerprint density at radius 2 is 1.64 bits per heavy atom. The molecule has 0 amide bonds. The van der Waals surface area contributed by atoms with Crippen molar-refractivity contribution in [3.05, 3.63) is 47.9 Å². The van der Waals surface area contributed by atoms with Gasteiger partial charge in [-0.3, -0.25) is 4.79 Å². The Morgan fingerprint density at radius 1 is 0.909 bits per heavy atom. The van der Waals surface area contributed by atoms with Gasteiger partial charge in [0.05, 0.1) is 6.42 Å². The lowest BCUT2D eigenvalue weighted by atomic mass is 9.97. The molecule has 2 rings (SSSR count). The summed E-state index contributed by atoms with van der Waals surface area (Å²) < 4.78 is 0. The summed E-state index contributed by atoms with van der Waals surface area (Å²) in [5, 5.41) is 0. The average Bonchev–Trinajstić information content (AvgIpc) is 2.04. The molecule has 0 saturated heterocycles. The Labute approximate surface area is 65.4 Å². The highest BCUT2D eigenvalue weighted by Crippen LogP contribution is 2.17. The predicted octanol–water partition coefficient (Wildman–Crippen LogP) is 1.83. The Morgan fingerprint density at radius 3 is 2.45 bits per heavy atom. The molecule has 0 bridgehead atoms. The third kappa shape index (κ3) is 1.09. The van der Waals surface area contributed by atoms with Crippen molar-refractivity contribution < 1.29 is 4.79 Å². The van der Waals surface area contributed by atoms with E-state index in [9.17, 15) is 4.79 Å². The van der Waals surface area contributed by atoms with Gasteiger partial charge in [0, 0.05) is 0 Å². The number of carbonyl (C=O) groups excluding carboxylic acids is 1. The maximum atomic E-state index is 10.9. The van der Waals surface area contributed by atoms with Crippen molar-refractivity contribution in [2.45, 2.75) is 0 Å². The zero-order valence-electron chi connectivity index (χ0n) is 5.95. The first-order valence-corrected chi connectivity index (χ1v) is 3.52. The standard InChI is InChI=1S/C10H7O/c11-10-6-5-8-3-1-2-4-9(8)7-10/h1-7H. The van der Waals surface area contributed by atoms with Gasteiger partial charge in [0.1, 0.15) is 0 Å². The average molecular weight is 143 g/mol. The van der Waals surface area contributed by atoms with Crippen LogP contribution in [0.5, 0.6) is 0 Å². The first-order valence-electron chi connectivity index (χ1n) is 3.52. The molecule has 0 atom stereocenters. The SMILES string of the molecule is O=C1[CH]c2ccccc2C=C1. The third-order valence-electron chi connectivity index (χ3n) is 1.72. The van der Waals surface area contributed by atoms with Gasteiger partial charge in [-0.2, -0.15) is 0 Å². The molecule has 1 radical (unpaired) electrons. The molecule has 0 aliphatic heterocycles. The highest BCUT2D eigenvalue weighted by molar-refractivity contribution is 6.05. The van der Waals surface area contributed by atoms with Crippen LogP contribution >= 0.6 is 0 Å². The van der Waals surface area contributed by atoms with Crippen molar-refractivity contribution >= 4 is 11.9 Å². The number of ketones is 1. The molecule has 0 aromatic heterocycles. The van der Waals surface area contributed by atoms with Gasteiger partial charge in [-0.25, -0.2) is 0 Å². The van der Waals surface area contributed by atoms with E-state index in [0.717, 1.165) is 11.1 Å². The first kappa shape index (κ1) is 6.35. The van der Waals surface area contributed by atoms with Crippen LogP contribution in [0.4, 0.5) is 0 Å². The van der Waals surface area contributed by atoms with E-state index in [1.807, 2.05) is 30.3 Å². The molecule has 1 aliphatic rings. The van der Waals surface area contributed by atoms with Crippen molar-refractivity contribution in [1.82, 2.24) is 0 Å². The van der Waals surface area contributed by atoms with Crippen molar-refractivity contribution in [2.75, 3.05) is 0 Å². The molecule has 0 heterocycles. The summed E-state index contributed by atoms with van der Waals surface area (Å²) in [4.78, 5) is 10.9. The summed E-state index contributed by atoms with van der Waals surface area (Å²) in [6, 6.07) is 7.83. The van der Waals surface area contributed by atoms with Crippen LogP contribution in [0.15, 0.2) is 30.3 Å². The molecule has 1 aromatic carbocycles. The highest BCUT2D eigenvalue weighted by atomic mass is 16.1. The van der Waals surface area contributed by atoms with Gasteiger partial charge < -0.3 is 0 Å². The van der Waals surface area contributed by atoms with E-state index >= 15 is 0 Å². The fourth-order valence-corrected chi connectivity index (χ4v) is 1.17. The lowest BCUT2D eigenvalue weighted by Crippen LogP contribution is -2.01. The molecule has 11 heavy (non-hydrogen) atoms. The summed E-state index contributed by atoms with van der Waals surface area (Å²) in [5.41, 5.74) is 2.13. The molecular weight excluding hydrogens is 136 g/mol. The number of rotatable bonds is 0. The number of fused-ring (bicyclic) bond motifs is 1. The molecule has 53 valence electrons. The van der Waals surface area contributed by atoms with Crippen LogP contribution < -0.4 is 0 Å². The minimum Gasteiger partial charge on any atom is -0.294 e. The van der Waals surface area contributed by atoms with E-state index in [0.29, 0.717) is 0 Å². The first-order chi connectivity index (χ1) is 5.36. The molecule has 0 saturated carbocycles. The second-order valence-electron chi connectivity index (χ2n) is 2.51. The second kappa shape index (κ2) is 2.35. The largest absolute Gasteiger partial charge is 0.294 e. The molecule has 0 spiro atoms. The van der Waals surface area contributed by atoms with Crippen LogP contribution in [0.2, 0.25) is 0 Å². The maximum absolute atomic E-state index is 10.9. The van der Waals surface area contributed by atoms with Crippen LogP contribution in [0, 0.1) is 6.42 Å². The van der Waals surface area contributed by atoms with Crippen molar-refractivity contribution in [3.8, 4) is 0 Å². The van der Waals surface area contributed by atoms with Crippen LogP contribution in [0.25, 0.3) is 6.08 Å². The monoisotopic (exact) mass is 143 g/mol. The van der Waals surface area contributed by atoms with E-state index in [-0.39, 0.29) is 5.78 Å². The van der Waals surface area contributed by atoms with Crippen molar-refractivity contribution in [1.29, 1.82) is 0 Å². The molecule has 0 unspecified atom stereocenters. The van der Waals surface area contributed by atoms with Gasteiger partial charge in [0.15, 0.2) is 5.78 Å². The fourth-order valence-electron chi connectivity index (χ4n) is 1.17. The Hall–Kier alpha value is -1.37. The summed E-state index contributed by atoms with van der Waals surface area (Å²) in [7, 11) is 0. The van der Waals surface area contributed by atoms with E-state index in [1.54, 1.807) is 12.5 Å². The Balaban J connectivity index is 2.54. The molecule has 0 N–H and O–H groups in total. The summed E-state index contributed by atoms with van der Waals surface area (Å²) in [6.07, 6.45) is 5.08. The quantitative estimate of drug-likeness (QED) is 0.541. The fraction of sp³-hybridized carbons (Fsp3) is 0. The Kier molecular flexibility index (Phi) is 1.35. The number of hydrogen-bond donors (Lipinski definition) is 0. The smallest absolute Gasteiger partial charge is 0.164 e. The number of hydrogen-bond acceptors (Lipinski definition) is 1. The zero-order chi connectivity index (χ0) is 7.68. The van der Waals surface area contributed by atoms with Gasteiger partial charge in [-0.15, -0.1) is 0 Å². The number of benzene rings is 1. The molecule has 1 aliphatic carbocycles. The molecule has 1 nitrogen and oxygen atoms in total. The van der Waals surface area contributed by atoms with Gasteiger partial charge in [0.25, 0.3) is 0 Å². The topological polar surface area (TPSA) is 17.1 Å². The minimum atomic E-state index is 0.0729.